The Balaban J connectivity index is 0.00000280. The first-order chi connectivity index (χ1) is 13.1. The number of methoxy groups -OCH3 is 1. The minimum atomic E-state index is -0.0343. The van der Waals surface area contributed by atoms with Crippen LogP contribution in [0, 0.1) is 6.92 Å². The van der Waals surface area contributed by atoms with E-state index >= 15 is 0 Å². The van der Waals surface area contributed by atoms with E-state index in [4.69, 9.17) is 9.47 Å². The van der Waals surface area contributed by atoms with Crippen molar-refractivity contribution >= 4 is 29.9 Å². The Morgan fingerprint density at radius 3 is 2.93 bits per heavy atom. The van der Waals surface area contributed by atoms with Gasteiger partial charge in [0.15, 0.2) is 5.96 Å². The van der Waals surface area contributed by atoms with Gasteiger partial charge in [-0.25, -0.2) is 9.67 Å². The fraction of sp³-hybridized carbons (Fsp3) is 0.526. The minimum Gasteiger partial charge on any atom is -0.497 e. The van der Waals surface area contributed by atoms with Crippen LogP contribution >= 0.6 is 24.0 Å². The van der Waals surface area contributed by atoms with Crippen molar-refractivity contribution in [2.75, 3.05) is 20.7 Å². The van der Waals surface area contributed by atoms with Crippen LogP contribution in [0.25, 0.3) is 0 Å². The number of aliphatic imine (C=N–C) groups is 1. The van der Waals surface area contributed by atoms with Crippen LogP contribution in [0.15, 0.2) is 29.3 Å². The number of aryl methyl sites for hydroxylation is 2. The van der Waals surface area contributed by atoms with Gasteiger partial charge in [-0.3, -0.25) is 4.99 Å². The molecule has 9 heteroatoms. The number of benzene rings is 1. The van der Waals surface area contributed by atoms with Gasteiger partial charge in [-0.1, -0.05) is 6.07 Å². The summed E-state index contributed by atoms with van der Waals surface area (Å²) in [6, 6.07) is 7.72. The third kappa shape index (κ3) is 5.73. The summed E-state index contributed by atoms with van der Waals surface area (Å²) in [5, 5.41) is 11.2. The standard InChI is InChI=1S/C19H28N6O2.HI/c1-13(27-16-8-5-7-15(11-16)26-4)12-21-19(20-3)23-17-9-6-10-25-18(17)22-14(2)24-25;/h5,7-8,11,13,17H,6,9-10,12H2,1-4H3,(H2,20,21,23);1H. The lowest BCUT2D eigenvalue weighted by molar-refractivity contribution is 0.222. The zero-order valence-corrected chi connectivity index (χ0v) is 19.1. The average molecular weight is 500 g/mol. The van der Waals surface area contributed by atoms with Crippen molar-refractivity contribution in [3.8, 4) is 11.5 Å². The molecule has 2 N–H and O–H groups in total. The number of guanidine groups is 1. The molecule has 1 aliphatic heterocycles. The molecular formula is C19H29IN6O2. The van der Waals surface area contributed by atoms with E-state index in [2.05, 4.69) is 25.7 Å². The van der Waals surface area contributed by atoms with E-state index < -0.39 is 0 Å². The lowest BCUT2D eigenvalue weighted by Crippen LogP contribution is -2.44. The molecule has 1 aliphatic rings. The predicted molar refractivity (Wildman–Crippen MR) is 120 cm³/mol. The van der Waals surface area contributed by atoms with Crippen molar-refractivity contribution in [2.45, 2.75) is 45.4 Å². The summed E-state index contributed by atoms with van der Waals surface area (Å²) in [4.78, 5) is 8.89. The second-order valence-corrected chi connectivity index (χ2v) is 6.64. The second kappa shape index (κ2) is 10.5. The largest absolute Gasteiger partial charge is 0.497 e. The van der Waals surface area contributed by atoms with Gasteiger partial charge in [0, 0.05) is 19.7 Å². The molecule has 0 radical (unpaired) electrons. The van der Waals surface area contributed by atoms with Crippen molar-refractivity contribution in [3.05, 3.63) is 35.9 Å². The molecule has 0 saturated heterocycles. The molecule has 1 aromatic carbocycles. The van der Waals surface area contributed by atoms with Crippen molar-refractivity contribution in [1.82, 2.24) is 25.4 Å². The quantitative estimate of drug-likeness (QED) is 0.361. The summed E-state index contributed by atoms with van der Waals surface area (Å²) in [5.41, 5.74) is 0. The number of hydrogen-bond acceptors (Lipinski definition) is 5. The lowest BCUT2D eigenvalue weighted by Gasteiger charge is -2.25. The Hall–Kier alpha value is -2.04. The zero-order valence-electron chi connectivity index (χ0n) is 16.8. The third-order valence-electron chi connectivity index (χ3n) is 4.45. The monoisotopic (exact) mass is 500 g/mol. The SMILES string of the molecule is CN=C(NCC(C)Oc1cccc(OC)c1)NC1CCCn2nc(C)nc21.I. The van der Waals surface area contributed by atoms with Crippen LogP contribution in [0.5, 0.6) is 11.5 Å². The molecule has 3 rings (SSSR count). The van der Waals surface area contributed by atoms with Crippen LogP contribution in [-0.2, 0) is 6.54 Å². The molecular weight excluding hydrogens is 471 g/mol. The molecule has 2 aromatic rings. The Morgan fingerprint density at radius 1 is 1.39 bits per heavy atom. The molecule has 0 spiro atoms. The number of nitrogens with zero attached hydrogens (tertiary/aromatic N) is 4. The minimum absolute atomic E-state index is 0. The molecule has 8 nitrogen and oxygen atoms in total. The van der Waals surface area contributed by atoms with Gasteiger partial charge in [0.25, 0.3) is 0 Å². The predicted octanol–water partition coefficient (Wildman–Crippen LogP) is 2.68. The summed E-state index contributed by atoms with van der Waals surface area (Å²) < 4.78 is 13.2. The highest BCUT2D eigenvalue weighted by Crippen LogP contribution is 2.23. The van der Waals surface area contributed by atoms with Gasteiger partial charge in [-0.05, 0) is 38.8 Å². The summed E-state index contributed by atoms with van der Waals surface area (Å²) in [5.74, 6) is 4.07. The van der Waals surface area contributed by atoms with Crippen LogP contribution in [0.4, 0.5) is 0 Å². The van der Waals surface area contributed by atoms with Crippen LogP contribution in [0.3, 0.4) is 0 Å². The summed E-state index contributed by atoms with van der Waals surface area (Å²) in [6.07, 6.45) is 2.04. The Bertz CT molecular complexity index is 794. The molecule has 0 aliphatic carbocycles. The molecule has 0 amide bonds. The van der Waals surface area contributed by atoms with Crippen LogP contribution in [0.2, 0.25) is 0 Å². The second-order valence-electron chi connectivity index (χ2n) is 6.64. The van der Waals surface area contributed by atoms with E-state index in [0.717, 1.165) is 48.5 Å². The van der Waals surface area contributed by atoms with E-state index in [1.165, 1.54) is 0 Å². The van der Waals surface area contributed by atoms with Crippen molar-refractivity contribution in [1.29, 1.82) is 0 Å². The van der Waals surface area contributed by atoms with Crippen LogP contribution in [0.1, 0.15) is 37.5 Å². The molecule has 0 fully saturated rings. The molecule has 1 aromatic heterocycles. The molecule has 154 valence electrons. The number of aromatic nitrogens is 3. The first-order valence-electron chi connectivity index (χ1n) is 9.28. The molecule has 2 unspecified atom stereocenters. The van der Waals surface area contributed by atoms with E-state index in [1.807, 2.05) is 42.8 Å². The Kier molecular flexibility index (Phi) is 8.34. The maximum Gasteiger partial charge on any atom is 0.191 e. The van der Waals surface area contributed by atoms with Crippen LogP contribution < -0.4 is 20.1 Å². The fourth-order valence-electron chi connectivity index (χ4n) is 3.15. The maximum absolute atomic E-state index is 5.95. The topological polar surface area (TPSA) is 85.6 Å². The molecule has 28 heavy (non-hydrogen) atoms. The van der Waals surface area contributed by atoms with Gasteiger partial charge in [0.1, 0.15) is 29.3 Å². The first kappa shape index (κ1) is 22.3. The first-order valence-corrected chi connectivity index (χ1v) is 9.28. The number of nitrogens with one attached hydrogen (secondary N) is 2. The Labute approximate surface area is 183 Å². The van der Waals surface area contributed by atoms with Gasteiger partial charge in [0.2, 0.25) is 0 Å². The lowest BCUT2D eigenvalue weighted by atomic mass is 10.1. The smallest absolute Gasteiger partial charge is 0.191 e. The van der Waals surface area contributed by atoms with Gasteiger partial charge in [0.05, 0.1) is 19.7 Å². The van der Waals surface area contributed by atoms with E-state index in [1.54, 1.807) is 14.2 Å². The molecule has 2 heterocycles. The normalized spacial score (nSPS) is 17.1. The number of hydrogen-bond donors (Lipinski definition) is 2. The highest BCUT2D eigenvalue weighted by atomic mass is 127. The summed E-state index contributed by atoms with van der Waals surface area (Å²) in [6.45, 7) is 5.48. The zero-order chi connectivity index (χ0) is 19.2. The number of ether oxygens (including phenoxy) is 2. The summed E-state index contributed by atoms with van der Waals surface area (Å²) >= 11 is 0. The van der Waals surface area contributed by atoms with E-state index in [0.29, 0.717) is 6.54 Å². The number of fused-ring (bicyclic) bond motifs is 1. The third-order valence-corrected chi connectivity index (χ3v) is 4.45. The fourth-order valence-corrected chi connectivity index (χ4v) is 3.15. The van der Waals surface area contributed by atoms with E-state index in [-0.39, 0.29) is 36.1 Å². The highest BCUT2D eigenvalue weighted by Gasteiger charge is 2.24. The van der Waals surface area contributed by atoms with Gasteiger partial charge in [-0.15, -0.1) is 24.0 Å². The van der Waals surface area contributed by atoms with Crippen LogP contribution in [-0.4, -0.2) is 47.5 Å². The average Bonchev–Trinajstić information content (AvgIpc) is 3.06. The highest BCUT2D eigenvalue weighted by molar-refractivity contribution is 14.0. The van der Waals surface area contributed by atoms with E-state index in [9.17, 15) is 0 Å². The molecule has 0 bridgehead atoms. The molecule has 0 saturated carbocycles. The van der Waals surface area contributed by atoms with Gasteiger partial charge < -0.3 is 20.1 Å². The van der Waals surface area contributed by atoms with Crippen molar-refractivity contribution < 1.29 is 9.47 Å². The maximum atomic E-state index is 5.95. The van der Waals surface area contributed by atoms with Gasteiger partial charge in [-0.2, -0.15) is 5.10 Å². The molecule has 2 atom stereocenters. The summed E-state index contributed by atoms with van der Waals surface area (Å²) in [7, 11) is 3.41. The van der Waals surface area contributed by atoms with Crippen molar-refractivity contribution in [2.24, 2.45) is 4.99 Å². The number of halogens is 1. The van der Waals surface area contributed by atoms with Gasteiger partial charge >= 0.3 is 0 Å². The van der Waals surface area contributed by atoms with Crippen molar-refractivity contribution in [3.63, 3.8) is 0 Å². The number of rotatable bonds is 6. The Morgan fingerprint density at radius 2 is 2.18 bits per heavy atom.